The van der Waals surface area contributed by atoms with Gasteiger partial charge < -0.3 is 9.64 Å². The topological polar surface area (TPSA) is 41.1 Å². The van der Waals surface area contributed by atoms with Gasteiger partial charge in [0.2, 0.25) is 0 Å². The molecule has 2 heterocycles. The van der Waals surface area contributed by atoms with E-state index in [0.29, 0.717) is 12.4 Å². The lowest BCUT2D eigenvalue weighted by atomic mass is 10.2. The molecule has 0 fully saturated rings. The largest absolute Gasteiger partial charge is 0.489 e. The standard InChI is InChI=1S/C12H12FN3O/c13-9-1-2-11-12(7-9)17-6-5-16(11)8-10-3-4-14-15-10/h1-4,7H,5-6,8H2,(H,14,15). The molecule has 0 atom stereocenters. The van der Waals surface area contributed by atoms with Crippen molar-refractivity contribution in [2.24, 2.45) is 0 Å². The molecule has 1 aromatic heterocycles. The summed E-state index contributed by atoms with van der Waals surface area (Å²) in [5.74, 6) is 0.336. The van der Waals surface area contributed by atoms with E-state index in [1.54, 1.807) is 12.3 Å². The zero-order chi connectivity index (χ0) is 11.7. The highest BCUT2D eigenvalue weighted by molar-refractivity contribution is 5.60. The lowest BCUT2D eigenvalue weighted by Crippen LogP contribution is -2.32. The lowest BCUT2D eigenvalue weighted by Gasteiger charge is -2.30. The van der Waals surface area contributed by atoms with Gasteiger partial charge in [-0.05, 0) is 18.2 Å². The summed E-state index contributed by atoms with van der Waals surface area (Å²) in [6.07, 6.45) is 1.72. The number of fused-ring (bicyclic) bond motifs is 1. The molecule has 2 aromatic rings. The molecule has 0 aliphatic carbocycles. The zero-order valence-electron chi connectivity index (χ0n) is 9.19. The molecule has 88 valence electrons. The third-order valence-electron chi connectivity index (χ3n) is 2.80. The Balaban J connectivity index is 1.89. The van der Waals surface area contributed by atoms with Gasteiger partial charge >= 0.3 is 0 Å². The molecule has 1 aliphatic rings. The molecule has 17 heavy (non-hydrogen) atoms. The summed E-state index contributed by atoms with van der Waals surface area (Å²) >= 11 is 0. The van der Waals surface area contributed by atoms with Gasteiger partial charge in [0, 0.05) is 12.3 Å². The van der Waals surface area contributed by atoms with E-state index in [1.807, 2.05) is 6.07 Å². The molecule has 0 saturated heterocycles. The number of anilines is 1. The van der Waals surface area contributed by atoms with Crippen LogP contribution in [0.3, 0.4) is 0 Å². The van der Waals surface area contributed by atoms with Crippen molar-refractivity contribution in [2.45, 2.75) is 6.54 Å². The van der Waals surface area contributed by atoms with E-state index in [0.717, 1.165) is 24.5 Å². The fraction of sp³-hybridized carbons (Fsp3) is 0.250. The van der Waals surface area contributed by atoms with Crippen molar-refractivity contribution < 1.29 is 9.13 Å². The molecule has 0 unspecified atom stereocenters. The summed E-state index contributed by atoms with van der Waals surface area (Å²) in [7, 11) is 0. The van der Waals surface area contributed by atoms with Crippen molar-refractivity contribution >= 4 is 5.69 Å². The Kier molecular flexibility index (Phi) is 2.44. The average molecular weight is 233 g/mol. The minimum absolute atomic E-state index is 0.271. The van der Waals surface area contributed by atoms with Crippen LogP contribution in [0, 0.1) is 5.82 Å². The summed E-state index contributed by atoms with van der Waals surface area (Å²) in [6.45, 7) is 2.09. The molecule has 0 saturated carbocycles. The number of benzene rings is 1. The number of hydrogen-bond acceptors (Lipinski definition) is 3. The van der Waals surface area contributed by atoms with E-state index in [9.17, 15) is 4.39 Å². The van der Waals surface area contributed by atoms with Gasteiger partial charge in [0.25, 0.3) is 0 Å². The van der Waals surface area contributed by atoms with Gasteiger partial charge in [-0.3, -0.25) is 5.10 Å². The number of H-pyrrole nitrogens is 1. The maximum atomic E-state index is 13.1. The Morgan fingerprint density at radius 3 is 3.18 bits per heavy atom. The van der Waals surface area contributed by atoms with E-state index < -0.39 is 0 Å². The molecule has 4 nitrogen and oxygen atoms in total. The fourth-order valence-corrected chi connectivity index (χ4v) is 1.99. The van der Waals surface area contributed by atoms with Crippen LogP contribution in [0.4, 0.5) is 10.1 Å². The van der Waals surface area contributed by atoms with Crippen molar-refractivity contribution in [1.82, 2.24) is 10.2 Å². The Labute approximate surface area is 98.0 Å². The predicted molar refractivity (Wildman–Crippen MR) is 61.5 cm³/mol. The zero-order valence-corrected chi connectivity index (χ0v) is 9.19. The Morgan fingerprint density at radius 2 is 2.35 bits per heavy atom. The van der Waals surface area contributed by atoms with Crippen LogP contribution in [0.1, 0.15) is 5.69 Å². The highest BCUT2D eigenvalue weighted by Crippen LogP contribution is 2.32. The SMILES string of the molecule is Fc1ccc2c(c1)OCCN2Cc1ccn[nH]1. The van der Waals surface area contributed by atoms with Gasteiger partial charge in [-0.2, -0.15) is 5.10 Å². The Morgan fingerprint density at radius 1 is 1.41 bits per heavy atom. The molecule has 1 N–H and O–H groups in total. The first kappa shape index (κ1) is 10.1. The van der Waals surface area contributed by atoms with Crippen molar-refractivity contribution in [1.29, 1.82) is 0 Å². The smallest absolute Gasteiger partial charge is 0.145 e. The first-order chi connectivity index (χ1) is 8.33. The van der Waals surface area contributed by atoms with Crippen LogP contribution in [0.15, 0.2) is 30.5 Å². The van der Waals surface area contributed by atoms with Crippen LogP contribution in [0.25, 0.3) is 0 Å². The van der Waals surface area contributed by atoms with E-state index in [2.05, 4.69) is 15.1 Å². The third-order valence-corrected chi connectivity index (χ3v) is 2.80. The highest BCUT2D eigenvalue weighted by atomic mass is 19.1. The summed E-state index contributed by atoms with van der Waals surface area (Å²) < 4.78 is 18.5. The number of ether oxygens (including phenoxy) is 1. The first-order valence-corrected chi connectivity index (χ1v) is 5.48. The Bertz CT molecular complexity index is 512. The van der Waals surface area contributed by atoms with Crippen LogP contribution in [-0.4, -0.2) is 23.3 Å². The van der Waals surface area contributed by atoms with Crippen molar-refractivity contribution in [3.8, 4) is 5.75 Å². The first-order valence-electron chi connectivity index (χ1n) is 5.48. The van der Waals surface area contributed by atoms with E-state index in [1.165, 1.54) is 12.1 Å². The van der Waals surface area contributed by atoms with E-state index in [4.69, 9.17) is 4.74 Å². The molecule has 0 bridgehead atoms. The second kappa shape index (κ2) is 4.08. The van der Waals surface area contributed by atoms with Crippen molar-refractivity contribution in [3.05, 3.63) is 42.0 Å². The van der Waals surface area contributed by atoms with Gasteiger partial charge in [-0.25, -0.2) is 4.39 Å². The molecule has 5 heteroatoms. The van der Waals surface area contributed by atoms with E-state index in [-0.39, 0.29) is 5.82 Å². The van der Waals surface area contributed by atoms with Gasteiger partial charge in [-0.1, -0.05) is 0 Å². The maximum Gasteiger partial charge on any atom is 0.145 e. The summed E-state index contributed by atoms with van der Waals surface area (Å²) in [6, 6.07) is 6.56. The number of aromatic nitrogens is 2. The van der Waals surface area contributed by atoms with Crippen LogP contribution in [0.5, 0.6) is 5.75 Å². The van der Waals surface area contributed by atoms with Gasteiger partial charge in [0.1, 0.15) is 18.2 Å². The third kappa shape index (κ3) is 1.95. The summed E-state index contributed by atoms with van der Waals surface area (Å²) in [4.78, 5) is 2.14. The van der Waals surface area contributed by atoms with Crippen molar-refractivity contribution in [3.63, 3.8) is 0 Å². The number of hydrogen-bond donors (Lipinski definition) is 1. The lowest BCUT2D eigenvalue weighted by molar-refractivity contribution is 0.305. The van der Waals surface area contributed by atoms with Crippen molar-refractivity contribution in [2.75, 3.05) is 18.1 Å². The molecule has 0 spiro atoms. The Hall–Kier alpha value is -2.04. The highest BCUT2D eigenvalue weighted by Gasteiger charge is 2.18. The van der Waals surface area contributed by atoms with Crippen LogP contribution < -0.4 is 9.64 Å². The minimum Gasteiger partial charge on any atom is -0.489 e. The number of aromatic amines is 1. The van der Waals surface area contributed by atoms with Gasteiger partial charge in [-0.15, -0.1) is 0 Å². The monoisotopic (exact) mass is 233 g/mol. The predicted octanol–water partition coefficient (Wildman–Crippen LogP) is 1.95. The van der Waals surface area contributed by atoms with Gasteiger partial charge in [0.15, 0.2) is 0 Å². The second-order valence-corrected chi connectivity index (χ2v) is 3.96. The summed E-state index contributed by atoms with van der Waals surface area (Å²) in [5, 5.41) is 6.83. The van der Waals surface area contributed by atoms with Gasteiger partial charge in [0.05, 0.1) is 24.5 Å². The molecule has 1 aromatic carbocycles. The quantitative estimate of drug-likeness (QED) is 0.862. The molecular formula is C12H12FN3O. The number of rotatable bonds is 2. The number of halogens is 1. The second-order valence-electron chi connectivity index (χ2n) is 3.96. The molecule has 0 amide bonds. The summed E-state index contributed by atoms with van der Waals surface area (Å²) in [5.41, 5.74) is 1.95. The fourth-order valence-electron chi connectivity index (χ4n) is 1.99. The van der Waals surface area contributed by atoms with E-state index >= 15 is 0 Å². The minimum atomic E-state index is -0.271. The average Bonchev–Trinajstić information content (AvgIpc) is 2.82. The van der Waals surface area contributed by atoms with Crippen LogP contribution in [0.2, 0.25) is 0 Å². The number of nitrogens with zero attached hydrogens (tertiary/aromatic N) is 2. The molecular weight excluding hydrogens is 221 g/mol. The molecule has 3 rings (SSSR count). The van der Waals surface area contributed by atoms with Crippen LogP contribution in [-0.2, 0) is 6.54 Å². The molecule has 1 aliphatic heterocycles. The number of nitrogens with one attached hydrogen (secondary N) is 1. The van der Waals surface area contributed by atoms with Crippen LogP contribution >= 0.6 is 0 Å². The molecule has 0 radical (unpaired) electrons. The maximum absolute atomic E-state index is 13.1. The normalized spacial score (nSPS) is 14.3.